The molecule has 2 N–H and O–H groups in total. The van der Waals surface area contributed by atoms with Crippen molar-refractivity contribution in [1.29, 1.82) is 0 Å². The van der Waals surface area contributed by atoms with Crippen LogP contribution in [0.2, 0.25) is 0 Å². The van der Waals surface area contributed by atoms with Crippen LogP contribution >= 0.6 is 27.3 Å². The Morgan fingerprint density at radius 3 is 2.64 bits per heavy atom. The Kier molecular flexibility index (Phi) is 5.51. The van der Waals surface area contributed by atoms with Crippen molar-refractivity contribution >= 4 is 44.8 Å². The summed E-state index contributed by atoms with van der Waals surface area (Å²) in [6.45, 7) is 1.62. The monoisotopic (exact) mass is 383 g/mol. The number of hydrogen-bond donors (Lipinski definition) is 2. The molecule has 0 unspecified atom stereocenters. The number of nitrogens with one attached hydrogen (secondary N) is 2. The smallest absolute Gasteiger partial charge is 0.262 e. The van der Waals surface area contributed by atoms with Crippen LogP contribution in [-0.4, -0.2) is 29.9 Å². The summed E-state index contributed by atoms with van der Waals surface area (Å²) in [5, 5.41) is 5.32. The van der Waals surface area contributed by atoms with E-state index in [0.717, 1.165) is 3.79 Å². The fourth-order valence-electron chi connectivity index (χ4n) is 1.60. The lowest BCUT2D eigenvalue weighted by molar-refractivity contribution is -0.117. The van der Waals surface area contributed by atoms with Crippen LogP contribution in [0.15, 0.2) is 34.2 Å². The summed E-state index contributed by atoms with van der Waals surface area (Å²) in [6.07, 6.45) is 1.49. The van der Waals surface area contributed by atoms with Crippen molar-refractivity contribution in [2.24, 2.45) is 0 Å². The number of halogens is 1. The molecule has 2 aromatic heterocycles. The van der Waals surface area contributed by atoms with Gasteiger partial charge in [-0.15, -0.1) is 11.3 Å². The summed E-state index contributed by atoms with van der Waals surface area (Å²) in [5.41, 5.74) is 0.533. The van der Waals surface area contributed by atoms with Gasteiger partial charge in [-0.2, -0.15) is 0 Å². The number of aromatic nitrogens is 1. The third kappa shape index (κ3) is 4.28. The molecule has 116 valence electrons. The van der Waals surface area contributed by atoms with Crippen molar-refractivity contribution < 1.29 is 14.3 Å². The number of hydrogen-bond acceptors (Lipinski definition) is 5. The second kappa shape index (κ2) is 7.37. The second-order valence-electron chi connectivity index (χ2n) is 4.38. The van der Waals surface area contributed by atoms with E-state index >= 15 is 0 Å². The molecular formula is C14H14BrN3O3S. The molecule has 0 aliphatic carbocycles. The summed E-state index contributed by atoms with van der Waals surface area (Å²) < 4.78 is 5.80. The van der Waals surface area contributed by atoms with Gasteiger partial charge < -0.3 is 15.4 Å². The minimum Gasteiger partial charge on any atom is -0.481 e. The molecule has 1 atom stereocenters. The minimum absolute atomic E-state index is 0.286. The number of carbonyl (C=O) groups is 2. The first-order chi connectivity index (χ1) is 10.5. The van der Waals surface area contributed by atoms with Crippen LogP contribution < -0.4 is 15.4 Å². The van der Waals surface area contributed by atoms with Crippen molar-refractivity contribution in [2.45, 2.75) is 13.0 Å². The third-order valence-electron chi connectivity index (χ3n) is 2.75. The Labute approximate surface area is 140 Å². The predicted molar refractivity (Wildman–Crippen MR) is 88.4 cm³/mol. The molecule has 0 aromatic carbocycles. The number of amides is 2. The highest BCUT2D eigenvalue weighted by Crippen LogP contribution is 2.22. The molecule has 2 aromatic rings. The first-order valence-electron chi connectivity index (χ1n) is 6.36. The number of nitrogens with zero attached hydrogens (tertiary/aromatic N) is 1. The molecule has 0 fully saturated rings. The van der Waals surface area contributed by atoms with Crippen LogP contribution in [0.1, 0.15) is 16.6 Å². The van der Waals surface area contributed by atoms with E-state index in [1.165, 1.54) is 24.6 Å². The van der Waals surface area contributed by atoms with Gasteiger partial charge in [-0.3, -0.25) is 9.59 Å². The maximum absolute atomic E-state index is 12.0. The molecule has 22 heavy (non-hydrogen) atoms. The van der Waals surface area contributed by atoms with Gasteiger partial charge in [0.15, 0.2) is 0 Å². The Morgan fingerprint density at radius 2 is 2.09 bits per heavy atom. The molecule has 0 aliphatic heterocycles. The van der Waals surface area contributed by atoms with Gasteiger partial charge in [0, 0.05) is 6.07 Å². The molecular weight excluding hydrogens is 370 g/mol. The van der Waals surface area contributed by atoms with Crippen molar-refractivity contribution in [3.8, 4) is 5.88 Å². The lowest BCUT2D eigenvalue weighted by Crippen LogP contribution is -2.41. The molecule has 6 nitrogen and oxygen atoms in total. The Hall–Kier alpha value is -1.93. The highest BCUT2D eigenvalue weighted by molar-refractivity contribution is 9.11. The highest BCUT2D eigenvalue weighted by atomic mass is 79.9. The average Bonchev–Trinajstić information content (AvgIpc) is 2.94. The number of carbonyl (C=O) groups excluding carboxylic acids is 2. The first-order valence-corrected chi connectivity index (χ1v) is 7.97. The van der Waals surface area contributed by atoms with Crippen LogP contribution in [0.25, 0.3) is 0 Å². The fraction of sp³-hybridized carbons (Fsp3) is 0.214. The van der Waals surface area contributed by atoms with Crippen molar-refractivity contribution in [1.82, 2.24) is 10.3 Å². The Bertz CT molecular complexity index is 672. The quantitative estimate of drug-likeness (QED) is 0.831. The van der Waals surface area contributed by atoms with E-state index in [-0.39, 0.29) is 11.8 Å². The lowest BCUT2D eigenvalue weighted by atomic mass is 10.3. The van der Waals surface area contributed by atoms with Crippen molar-refractivity contribution in [2.75, 3.05) is 12.4 Å². The molecule has 8 heteroatoms. The molecule has 2 heterocycles. The first kappa shape index (κ1) is 16.4. The molecule has 2 rings (SSSR count). The summed E-state index contributed by atoms with van der Waals surface area (Å²) in [6, 6.07) is 6.13. The van der Waals surface area contributed by atoms with E-state index in [9.17, 15) is 9.59 Å². The Morgan fingerprint density at radius 1 is 1.32 bits per heavy atom. The predicted octanol–water partition coefficient (Wildman–Crippen LogP) is 2.67. The zero-order valence-electron chi connectivity index (χ0n) is 11.9. The lowest BCUT2D eigenvalue weighted by Gasteiger charge is -2.13. The topological polar surface area (TPSA) is 80.3 Å². The van der Waals surface area contributed by atoms with Gasteiger partial charge in [0.1, 0.15) is 6.04 Å². The van der Waals surface area contributed by atoms with E-state index in [2.05, 4.69) is 31.5 Å². The average molecular weight is 384 g/mol. The molecule has 0 aliphatic rings. The molecule has 0 saturated carbocycles. The second-order valence-corrected chi connectivity index (χ2v) is 6.84. The van der Waals surface area contributed by atoms with Gasteiger partial charge >= 0.3 is 0 Å². The number of rotatable bonds is 5. The highest BCUT2D eigenvalue weighted by Gasteiger charge is 2.18. The van der Waals surface area contributed by atoms with E-state index in [4.69, 9.17) is 4.74 Å². The van der Waals surface area contributed by atoms with E-state index in [1.807, 2.05) is 0 Å². The van der Waals surface area contributed by atoms with Crippen LogP contribution in [0.5, 0.6) is 5.88 Å². The number of thiophene rings is 1. The van der Waals surface area contributed by atoms with Gasteiger partial charge in [-0.05, 0) is 41.1 Å². The van der Waals surface area contributed by atoms with E-state index in [1.54, 1.807) is 31.2 Å². The van der Waals surface area contributed by atoms with Gasteiger partial charge in [0.25, 0.3) is 5.91 Å². The summed E-state index contributed by atoms with van der Waals surface area (Å²) >= 11 is 4.60. The number of anilines is 1. The zero-order valence-corrected chi connectivity index (χ0v) is 14.3. The molecule has 0 spiro atoms. The van der Waals surface area contributed by atoms with Gasteiger partial charge in [0.05, 0.1) is 27.7 Å². The summed E-state index contributed by atoms with van der Waals surface area (Å²) in [5.74, 6) is -0.148. The zero-order chi connectivity index (χ0) is 16.1. The molecule has 0 radical (unpaired) electrons. The van der Waals surface area contributed by atoms with Crippen LogP contribution in [-0.2, 0) is 4.79 Å². The summed E-state index contributed by atoms with van der Waals surface area (Å²) in [4.78, 5) is 28.6. The van der Waals surface area contributed by atoms with Gasteiger partial charge in [0.2, 0.25) is 11.8 Å². The third-order valence-corrected chi connectivity index (χ3v) is 4.37. The fourth-order valence-corrected chi connectivity index (χ4v) is 2.88. The maximum Gasteiger partial charge on any atom is 0.262 e. The van der Waals surface area contributed by atoms with Crippen LogP contribution in [0.3, 0.4) is 0 Å². The van der Waals surface area contributed by atoms with Crippen molar-refractivity contribution in [3.05, 3.63) is 39.1 Å². The number of pyridine rings is 1. The SMILES string of the molecule is COc1ccc(NC(=O)[C@H](C)NC(=O)c2ccc(Br)s2)cn1. The standard InChI is InChI=1S/C14H14BrN3O3S/c1-8(17-14(20)10-4-5-11(15)22-10)13(19)18-9-3-6-12(21-2)16-7-9/h3-8H,1-2H3,(H,17,20)(H,18,19)/t8-/m0/s1. The minimum atomic E-state index is -0.671. The van der Waals surface area contributed by atoms with E-state index < -0.39 is 6.04 Å². The van der Waals surface area contributed by atoms with Gasteiger partial charge in [-0.25, -0.2) is 4.98 Å². The normalized spacial score (nSPS) is 11.6. The number of ether oxygens (including phenoxy) is 1. The number of methoxy groups -OCH3 is 1. The summed E-state index contributed by atoms with van der Waals surface area (Å²) in [7, 11) is 1.52. The largest absolute Gasteiger partial charge is 0.481 e. The maximum atomic E-state index is 12.0. The van der Waals surface area contributed by atoms with Crippen LogP contribution in [0.4, 0.5) is 5.69 Å². The molecule has 2 amide bonds. The van der Waals surface area contributed by atoms with Crippen LogP contribution in [0, 0.1) is 0 Å². The van der Waals surface area contributed by atoms with E-state index in [0.29, 0.717) is 16.4 Å². The molecule has 0 bridgehead atoms. The molecule has 0 saturated heterocycles. The van der Waals surface area contributed by atoms with Crippen molar-refractivity contribution in [3.63, 3.8) is 0 Å². The Balaban J connectivity index is 1.92. The van der Waals surface area contributed by atoms with Gasteiger partial charge in [-0.1, -0.05) is 0 Å².